The number of carbonyl (C=O) groups is 1. The van der Waals surface area contributed by atoms with Gasteiger partial charge in [0.05, 0.1) is 17.9 Å². The Labute approximate surface area is 140 Å². The van der Waals surface area contributed by atoms with Crippen molar-refractivity contribution in [2.45, 2.75) is 12.6 Å². The first-order valence-electron chi connectivity index (χ1n) is 8.10. The smallest absolute Gasteiger partial charge is 0.246 e. The minimum atomic E-state index is -0.549. The van der Waals surface area contributed by atoms with Crippen molar-refractivity contribution >= 4 is 28.1 Å². The topological polar surface area (TPSA) is 58.4 Å². The van der Waals surface area contributed by atoms with Crippen LogP contribution in [-0.4, -0.2) is 18.5 Å². The second kappa shape index (κ2) is 5.98. The highest BCUT2D eigenvalue weighted by Gasteiger charge is 2.28. The van der Waals surface area contributed by atoms with Gasteiger partial charge in [-0.25, -0.2) is 0 Å². The molecule has 0 saturated carbocycles. The average Bonchev–Trinajstić information content (AvgIpc) is 2.74. The van der Waals surface area contributed by atoms with Crippen LogP contribution in [0.4, 0.5) is 11.4 Å². The first kappa shape index (κ1) is 14.7. The molecule has 1 aliphatic rings. The number of nitrogens with zero attached hydrogens (tertiary/aromatic N) is 1. The van der Waals surface area contributed by atoms with E-state index in [-0.39, 0.29) is 5.91 Å². The lowest BCUT2D eigenvalue weighted by Gasteiger charge is -2.24. The van der Waals surface area contributed by atoms with E-state index in [1.165, 1.54) is 5.39 Å². The third-order valence-corrected chi connectivity index (χ3v) is 4.50. The minimum Gasteiger partial charge on any atom is -0.381 e. The lowest BCUT2D eigenvalue weighted by Crippen LogP contribution is -2.45. The van der Waals surface area contributed by atoms with Gasteiger partial charge in [-0.15, -0.1) is 0 Å². The van der Waals surface area contributed by atoms with Gasteiger partial charge in [0.25, 0.3) is 0 Å². The molecule has 0 saturated heterocycles. The molecular formula is C20H19N3O. The number of nitrogens with two attached hydrogens (primary N) is 1. The van der Waals surface area contributed by atoms with Gasteiger partial charge in [0.15, 0.2) is 0 Å². The lowest BCUT2D eigenvalue weighted by atomic mass is 10.0. The van der Waals surface area contributed by atoms with Gasteiger partial charge in [0.2, 0.25) is 5.91 Å². The Bertz CT molecular complexity index is 901. The molecule has 24 heavy (non-hydrogen) atoms. The van der Waals surface area contributed by atoms with Gasteiger partial charge in [-0.1, -0.05) is 54.6 Å². The summed E-state index contributed by atoms with van der Waals surface area (Å²) in [6.45, 7) is 0.953. The van der Waals surface area contributed by atoms with E-state index >= 15 is 0 Å². The van der Waals surface area contributed by atoms with Gasteiger partial charge in [0.1, 0.15) is 6.04 Å². The van der Waals surface area contributed by atoms with Crippen molar-refractivity contribution in [2.24, 2.45) is 5.73 Å². The molecule has 0 spiro atoms. The lowest BCUT2D eigenvalue weighted by molar-refractivity contribution is -0.119. The summed E-state index contributed by atoms with van der Waals surface area (Å²) in [5.41, 5.74) is 9.00. The highest BCUT2D eigenvalue weighted by molar-refractivity contribution is 6.02. The number of para-hydroxylation sites is 2. The number of fused-ring (bicyclic) bond motifs is 2. The molecule has 3 N–H and O–H groups in total. The van der Waals surface area contributed by atoms with Crippen LogP contribution in [0.1, 0.15) is 5.56 Å². The molecule has 120 valence electrons. The minimum absolute atomic E-state index is 0.0552. The maximum Gasteiger partial charge on any atom is 0.246 e. The Morgan fingerprint density at radius 2 is 1.75 bits per heavy atom. The molecule has 4 nitrogen and oxygen atoms in total. The Balaban J connectivity index is 1.80. The predicted molar refractivity (Wildman–Crippen MR) is 98.0 cm³/mol. The zero-order valence-corrected chi connectivity index (χ0v) is 13.3. The number of hydrogen-bond donors (Lipinski definition) is 2. The van der Waals surface area contributed by atoms with Crippen molar-refractivity contribution in [3.8, 4) is 0 Å². The molecule has 1 heterocycles. The number of amides is 1. The summed E-state index contributed by atoms with van der Waals surface area (Å²) in [6, 6.07) is 21.7. The van der Waals surface area contributed by atoms with E-state index < -0.39 is 6.04 Å². The third kappa shape index (κ3) is 2.51. The highest BCUT2D eigenvalue weighted by Crippen LogP contribution is 2.31. The standard InChI is InChI=1S/C20H19N3O/c21-17-12-22-18-10-3-4-11-19(18)23(20(17)24)13-15-8-5-7-14-6-1-2-9-16(14)15/h1-11,17,22H,12-13,21H2. The highest BCUT2D eigenvalue weighted by atomic mass is 16.2. The monoisotopic (exact) mass is 317 g/mol. The summed E-state index contributed by atoms with van der Waals surface area (Å²) < 4.78 is 0. The second-order valence-electron chi connectivity index (χ2n) is 6.07. The summed E-state index contributed by atoms with van der Waals surface area (Å²) in [6.07, 6.45) is 0. The second-order valence-corrected chi connectivity index (χ2v) is 6.07. The molecule has 3 aromatic rings. The number of anilines is 2. The van der Waals surface area contributed by atoms with E-state index in [0.29, 0.717) is 13.1 Å². The van der Waals surface area contributed by atoms with Crippen LogP contribution in [-0.2, 0) is 11.3 Å². The molecule has 0 aliphatic carbocycles. The van der Waals surface area contributed by atoms with Crippen molar-refractivity contribution < 1.29 is 4.79 Å². The Hall–Kier alpha value is -2.85. The number of benzene rings is 3. The molecule has 1 amide bonds. The van der Waals surface area contributed by atoms with Crippen molar-refractivity contribution in [3.05, 3.63) is 72.3 Å². The Morgan fingerprint density at radius 3 is 2.67 bits per heavy atom. The SMILES string of the molecule is NC1CNc2ccccc2N(Cc2cccc3ccccc23)C1=O. The van der Waals surface area contributed by atoms with E-state index in [4.69, 9.17) is 5.73 Å². The van der Waals surface area contributed by atoms with E-state index in [1.807, 2.05) is 42.5 Å². The maximum absolute atomic E-state index is 12.8. The van der Waals surface area contributed by atoms with Gasteiger partial charge < -0.3 is 16.0 Å². The molecule has 1 unspecified atom stereocenters. The summed E-state index contributed by atoms with van der Waals surface area (Å²) in [5, 5.41) is 5.61. The van der Waals surface area contributed by atoms with E-state index in [9.17, 15) is 4.79 Å². The number of nitrogens with one attached hydrogen (secondary N) is 1. The molecule has 0 aromatic heterocycles. The van der Waals surface area contributed by atoms with Gasteiger partial charge in [-0.3, -0.25) is 4.79 Å². The van der Waals surface area contributed by atoms with Crippen LogP contribution in [0.25, 0.3) is 10.8 Å². The number of rotatable bonds is 2. The Morgan fingerprint density at radius 1 is 1.00 bits per heavy atom. The quantitative estimate of drug-likeness (QED) is 0.763. The maximum atomic E-state index is 12.8. The summed E-state index contributed by atoms with van der Waals surface area (Å²) >= 11 is 0. The fourth-order valence-corrected chi connectivity index (χ4v) is 3.25. The van der Waals surface area contributed by atoms with Crippen LogP contribution in [0.5, 0.6) is 0 Å². The zero-order chi connectivity index (χ0) is 16.5. The van der Waals surface area contributed by atoms with E-state index in [0.717, 1.165) is 22.3 Å². The first-order chi connectivity index (χ1) is 11.7. The summed E-state index contributed by atoms with van der Waals surface area (Å²) in [4.78, 5) is 14.6. The molecule has 1 aliphatic heterocycles. The van der Waals surface area contributed by atoms with E-state index in [1.54, 1.807) is 4.90 Å². The fourth-order valence-electron chi connectivity index (χ4n) is 3.25. The largest absolute Gasteiger partial charge is 0.381 e. The predicted octanol–water partition coefficient (Wildman–Crippen LogP) is 3.13. The van der Waals surface area contributed by atoms with Gasteiger partial charge in [0, 0.05) is 6.54 Å². The summed E-state index contributed by atoms with van der Waals surface area (Å²) in [5.74, 6) is -0.0552. The fraction of sp³-hybridized carbons (Fsp3) is 0.150. The normalized spacial score (nSPS) is 17.3. The third-order valence-electron chi connectivity index (χ3n) is 4.50. The van der Waals surface area contributed by atoms with Gasteiger partial charge in [-0.2, -0.15) is 0 Å². The number of carbonyl (C=O) groups excluding carboxylic acids is 1. The van der Waals surface area contributed by atoms with Crippen molar-refractivity contribution in [1.82, 2.24) is 0 Å². The van der Waals surface area contributed by atoms with Crippen LogP contribution in [0.3, 0.4) is 0 Å². The van der Waals surface area contributed by atoms with Gasteiger partial charge in [-0.05, 0) is 28.5 Å². The van der Waals surface area contributed by atoms with Crippen molar-refractivity contribution in [3.63, 3.8) is 0 Å². The molecule has 0 bridgehead atoms. The van der Waals surface area contributed by atoms with Crippen LogP contribution >= 0.6 is 0 Å². The molecule has 4 rings (SSSR count). The molecule has 0 radical (unpaired) electrons. The molecular weight excluding hydrogens is 298 g/mol. The molecule has 4 heteroatoms. The van der Waals surface area contributed by atoms with Crippen molar-refractivity contribution in [2.75, 3.05) is 16.8 Å². The van der Waals surface area contributed by atoms with E-state index in [2.05, 4.69) is 29.6 Å². The average molecular weight is 317 g/mol. The molecule has 1 atom stereocenters. The Kier molecular flexibility index (Phi) is 3.67. The summed E-state index contributed by atoms with van der Waals surface area (Å²) in [7, 11) is 0. The first-order valence-corrected chi connectivity index (χ1v) is 8.10. The van der Waals surface area contributed by atoms with Crippen LogP contribution in [0, 0.1) is 0 Å². The van der Waals surface area contributed by atoms with Crippen LogP contribution < -0.4 is 16.0 Å². The van der Waals surface area contributed by atoms with Gasteiger partial charge >= 0.3 is 0 Å². The number of hydrogen-bond acceptors (Lipinski definition) is 3. The van der Waals surface area contributed by atoms with Crippen molar-refractivity contribution in [1.29, 1.82) is 0 Å². The van der Waals surface area contributed by atoms with Crippen LogP contribution in [0.2, 0.25) is 0 Å². The zero-order valence-electron chi connectivity index (χ0n) is 13.3. The molecule has 0 fully saturated rings. The molecule has 3 aromatic carbocycles. The van der Waals surface area contributed by atoms with Crippen LogP contribution in [0.15, 0.2) is 66.7 Å².